The molecular formula is C29H27NO4S. The molecule has 5 rings (SSSR count). The number of allylic oxidation sites excluding steroid dienone is 4. The van der Waals surface area contributed by atoms with E-state index in [1.165, 1.54) is 0 Å². The maximum atomic E-state index is 13.3. The molecule has 1 atom stereocenters. The standard InChI is InChI=1S/C29H27NO4S/c1-3-30-26-13-11-21(28(31)23-10-6-5-9-20(23)2)17-24(26)25-18-22(12-14-27(25)30)29(19-35(32,33)34)15-7-4-8-16-29/h4-15,17-18H,3,16,19H2,1-2H3,(H,32,33,34). The quantitative estimate of drug-likeness (QED) is 0.269. The normalized spacial score (nSPS) is 17.9. The number of hydrogen-bond donors (Lipinski definition) is 1. The molecule has 0 spiro atoms. The van der Waals surface area contributed by atoms with Gasteiger partial charge in [0.15, 0.2) is 5.78 Å². The zero-order chi connectivity index (χ0) is 24.8. The first kappa shape index (κ1) is 23.3. The molecule has 1 aliphatic rings. The van der Waals surface area contributed by atoms with E-state index in [1.807, 2.05) is 91.9 Å². The van der Waals surface area contributed by atoms with Gasteiger partial charge in [0.2, 0.25) is 0 Å². The second-order valence-corrected chi connectivity index (χ2v) is 10.7. The van der Waals surface area contributed by atoms with E-state index in [0.29, 0.717) is 17.5 Å². The summed E-state index contributed by atoms with van der Waals surface area (Å²) in [7, 11) is -4.21. The fraction of sp³-hybridized carbons (Fsp3) is 0.207. The Labute approximate surface area is 205 Å². The summed E-state index contributed by atoms with van der Waals surface area (Å²) in [4.78, 5) is 13.3. The molecule has 4 aromatic rings. The number of aromatic nitrogens is 1. The number of carbonyl (C=O) groups is 1. The highest BCUT2D eigenvalue weighted by Crippen LogP contribution is 2.38. The van der Waals surface area contributed by atoms with Crippen molar-refractivity contribution in [2.75, 3.05) is 5.75 Å². The van der Waals surface area contributed by atoms with Crippen molar-refractivity contribution in [3.8, 4) is 0 Å². The van der Waals surface area contributed by atoms with E-state index in [2.05, 4.69) is 11.5 Å². The molecule has 6 heteroatoms. The first-order chi connectivity index (χ1) is 16.7. The van der Waals surface area contributed by atoms with E-state index < -0.39 is 21.3 Å². The van der Waals surface area contributed by atoms with Crippen LogP contribution in [0.5, 0.6) is 0 Å². The van der Waals surface area contributed by atoms with Gasteiger partial charge in [-0.05, 0) is 61.7 Å². The number of ketones is 1. The van der Waals surface area contributed by atoms with Crippen LogP contribution in [0.1, 0.15) is 40.4 Å². The van der Waals surface area contributed by atoms with Gasteiger partial charge in [0.05, 0.1) is 5.75 Å². The van der Waals surface area contributed by atoms with Crippen LogP contribution in [0, 0.1) is 6.92 Å². The third-order valence-corrected chi connectivity index (χ3v) is 7.87. The number of fused-ring (bicyclic) bond motifs is 3. The minimum Gasteiger partial charge on any atom is -0.341 e. The lowest BCUT2D eigenvalue weighted by Crippen LogP contribution is -2.33. The maximum absolute atomic E-state index is 13.3. The lowest BCUT2D eigenvalue weighted by atomic mass is 9.77. The largest absolute Gasteiger partial charge is 0.341 e. The average molecular weight is 486 g/mol. The van der Waals surface area contributed by atoms with Crippen LogP contribution in [0.2, 0.25) is 0 Å². The molecule has 3 aromatic carbocycles. The molecule has 0 amide bonds. The second-order valence-electron chi connectivity index (χ2n) is 9.23. The number of nitrogens with zero attached hydrogens (tertiary/aromatic N) is 1. The third-order valence-electron chi connectivity index (χ3n) is 6.99. The molecule has 1 aliphatic carbocycles. The summed E-state index contributed by atoms with van der Waals surface area (Å²) in [6.45, 7) is 4.76. The molecule has 0 bridgehead atoms. The summed E-state index contributed by atoms with van der Waals surface area (Å²) in [6.07, 6.45) is 7.95. The summed E-state index contributed by atoms with van der Waals surface area (Å²) in [5.41, 5.74) is 4.21. The van der Waals surface area contributed by atoms with Crippen LogP contribution in [0.3, 0.4) is 0 Å². The fourth-order valence-electron chi connectivity index (χ4n) is 5.27. The summed E-state index contributed by atoms with van der Waals surface area (Å²) < 4.78 is 35.8. The molecule has 178 valence electrons. The van der Waals surface area contributed by atoms with Crippen molar-refractivity contribution in [3.63, 3.8) is 0 Å². The number of rotatable bonds is 6. The topological polar surface area (TPSA) is 76.4 Å². The first-order valence-corrected chi connectivity index (χ1v) is 13.3. The van der Waals surface area contributed by atoms with Crippen molar-refractivity contribution in [2.24, 2.45) is 0 Å². The lowest BCUT2D eigenvalue weighted by molar-refractivity contribution is 0.103. The summed E-state index contributed by atoms with van der Waals surface area (Å²) >= 11 is 0. The van der Waals surface area contributed by atoms with E-state index in [9.17, 15) is 17.8 Å². The third kappa shape index (κ3) is 4.13. The highest BCUT2D eigenvalue weighted by Gasteiger charge is 2.35. The zero-order valence-corrected chi connectivity index (χ0v) is 20.5. The molecule has 1 unspecified atom stereocenters. The van der Waals surface area contributed by atoms with Crippen molar-refractivity contribution in [2.45, 2.75) is 32.2 Å². The monoisotopic (exact) mass is 485 g/mol. The van der Waals surface area contributed by atoms with Gasteiger partial charge in [0.25, 0.3) is 10.1 Å². The van der Waals surface area contributed by atoms with Crippen LogP contribution < -0.4 is 0 Å². The Kier molecular flexibility index (Phi) is 5.74. The smallest absolute Gasteiger partial charge is 0.266 e. The molecule has 1 N–H and O–H groups in total. The molecule has 0 aliphatic heterocycles. The van der Waals surface area contributed by atoms with E-state index in [4.69, 9.17) is 0 Å². The Balaban J connectivity index is 1.72. The first-order valence-electron chi connectivity index (χ1n) is 11.7. The molecule has 0 saturated carbocycles. The summed E-state index contributed by atoms with van der Waals surface area (Å²) in [5.74, 6) is -0.419. The molecular weight excluding hydrogens is 458 g/mol. The van der Waals surface area contributed by atoms with Gasteiger partial charge >= 0.3 is 0 Å². The van der Waals surface area contributed by atoms with E-state index in [-0.39, 0.29) is 5.78 Å². The average Bonchev–Trinajstić information content (AvgIpc) is 3.15. The Morgan fingerprint density at radius 2 is 1.71 bits per heavy atom. The molecule has 1 heterocycles. The zero-order valence-electron chi connectivity index (χ0n) is 19.7. The van der Waals surface area contributed by atoms with Crippen LogP contribution in [0.4, 0.5) is 0 Å². The lowest BCUT2D eigenvalue weighted by Gasteiger charge is -2.30. The van der Waals surface area contributed by atoms with Crippen LogP contribution in [0.25, 0.3) is 21.8 Å². The van der Waals surface area contributed by atoms with Gasteiger partial charge in [0, 0.05) is 44.9 Å². The van der Waals surface area contributed by atoms with Crippen molar-refractivity contribution < 1.29 is 17.8 Å². The molecule has 5 nitrogen and oxygen atoms in total. The van der Waals surface area contributed by atoms with Crippen LogP contribution in [0.15, 0.2) is 85.0 Å². The van der Waals surface area contributed by atoms with Crippen LogP contribution >= 0.6 is 0 Å². The highest BCUT2D eigenvalue weighted by molar-refractivity contribution is 7.85. The molecule has 1 aromatic heterocycles. The van der Waals surface area contributed by atoms with Crippen LogP contribution in [-0.2, 0) is 22.1 Å². The number of hydrogen-bond acceptors (Lipinski definition) is 3. The minimum absolute atomic E-state index is 0.0262. The summed E-state index contributed by atoms with van der Waals surface area (Å²) in [6, 6.07) is 19.3. The fourth-order valence-corrected chi connectivity index (χ4v) is 6.31. The van der Waals surface area contributed by atoms with E-state index in [1.54, 1.807) is 0 Å². The Bertz CT molecular complexity index is 1640. The van der Waals surface area contributed by atoms with E-state index >= 15 is 0 Å². The molecule has 0 fully saturated rings. The Morgan fingerprint density at radius 1 is 1.00 bits per heavy atom. The van der Waals surface area contributed by atoms with Crippen molar-refractivity contribution >= 4 is 37.7 Å². The number of benzene rings is 3. The van der Waals surface area contributed by atoms with Gasteiger partial charge in [-0.25, -0.2) is 0 Å². The Morgan fingerprint density at radius 3 is 2.37 bits per heavy atom. The predicted molar refractivity (Wildman–Crippen MR) is 141 cm³/mol. The van der Waals surface area contributed by atoms with Crippen molar-refractivity contribution in [1.29, 1.82) is 0 Å². The molecule has 0 saturated heterocycles. The molecule has 0 radical (unpaired) electrons. The number of carbonyl (C=O) groups excluding carboxylic acids is 1. The van der Waals surface area contributed by atoms with Crippen molar-refractivity contribution in [1.82, 2.24) is 4.57 Å². The van der Waals surface area contributed by atoms with Gasteiger partial charge < -0.3 is 4.57 Å². The van der Waals surface area contributed by atoms with Gasteiger partial charge in [0.1, 0.15) is 0 Å². The number of aryl methyl sites for hydroxylation is 2. The van der Waals surface area contributed by atoms with Gasteiger partial charge in [-0.3, -0.25) is 9.35 Å². The SMILES string of the molecule is CCn1c2ccc(C(=O)c3ccccc3C)cc2c2cc(C3(CS(=O)(=O)O)C=CC=CC3)ccc21. The molecule has 35 heavy (non-hydrogen) atoms. The van der Waals surface area contributed by atoms with Crippen LogP contribution in [-0.4, -0.2) is 29.1 Å². The van der Waals surface area contributed by atoms with Gasteiger partial charge in [-0.1, -0.05) is 54.6 Å². The second kappa shape index (κ2) is 8.63. The van der Waals surface area contributed by atoms with E-state index in [0.717, 1.165) is 39.5 Å². The Hall–Kier alpha value is -3.48. The predicted octanol–water partition coefficient (Wildman–Crippen LogP) is 6.00. The van der Waals surface area contributed by atoms with Gasteiger partial charge in [-0.2, -0.15) is 8.42 Å². The highest BCUT2D eigenvalue weighted by atomic mass is 32.2. The minimum atomic E-state index is -4.21. The van der Waals surface area contributed by atoms with Crippen molar-refractivity contribution in [3.05, 3.63) is 107 Å². The van der Waals surface area contributed by atoms with Gasteiger partial charge in [-0.15, -0.1) is 0 Å². The maximum Gasteiger partial charge on any atom is 0.266 e. The summed E-state index contributed by atoms with van der Waals surface area (Å²) in [5, 5.41) is 1.90.